The van der Waals surface area contributed by atoms with Crippen molar-refractivity contribution in [3.05, 3.63) is 47.8 Å². The molecule has 1 aliphatic rings. The molecule has 1 aromatic carbocycles. The zero-order valence-corrected chi connectivity index (χ0v) is 17.4. The molecule has 0 bridgehead atoms. The molecule has 1 saturated heterocycles. The Morgan fingerprint density at radius 1 is 1.14 bits per heavy atom. The quantitative estimate of drug-likeness (QED) is 0.730. The Hall–Kier alpha value is -3.09. The van der Waals surface area contributed by atoms with Crippen LogP contribution in [0.2, 0.25) is 0 Å². The fraction of sp³-hybridized carbons (Fsp3) is 0.409. The van der Waals surface area contributed by atoms with Crippen LogP contribution in [0.15, 0.2) is 36.7 Å². The van der Waals surface area contributed by atoms with E-state index in [1.807, 2.05) is 25.1 Å². The highest BCUT2D eigenvalue weighted by atomic mass is 16.1. The van der Waals surface area contributed by atoms with E-state index in [-0.39, 0.29) is 5.91 Å². The van der Waals surface area contributed by atoms with E-state index in [0.29, 0.717) is 18.7 Å². The summed E-state index contributed by atoms with van der Waals surface area (Å²) in [5.74, 6) is -0.176. The lowest BCUT2D eigenvalue weighted by Crippen LogP contribution is -2.45. The summed E-state index contributed by atoms with van der Waals surface area (Å²) < 4.78 is 0. The first kappa shape index (κ1) is 20.6. The molecule has 1 N–H and O–H groups in total. The van der Waals surface area contributed by atoms with Crippen LogP contribution < -0.4 is 15.1 Å². The van der Waals surface area contributed by atoms with Crippen LogP contribution >= 0.6 is 0 Å². The second-order valence-corrected chi connectivity index (χ2v) is 7.19. The molecule has 0 unspecified atom stereocenters. The van der Waals surface area contributed by atoms with Crippen molar-refractivity contribution in [3.8, 4) is 0 Å². The van der Waals surface area contributed by atoms with E-state index >= 15 is 0 Å². The Bertz CT molecular complexity index is 858. The van der Waals surface area contributed by atoms with Gasteiger partial charge in [-0.05, 0) is 50.6 Å². The summed E-state index contributed by atoms with van der Waals surface area (Å²) in [5, 5.41) is 3.00. The van der Waals surface area contributed by atoms with Gasteiger partial charge in [-0.15, -0.1) is 0 Å². The lowest BCUT2D eigenvalue weighted by molar-refractivity contribution is -0.118. The molecule has 1 aliphatic heterocycles. The van der Waals surface area contributed by atoms with Gasteiger partial charge >= 0.3 is 0 Å². The van der Waals surface area contributed by atoms with Crippen molar-refractivity contribution in [1.82, 2.24) is 9.88 Å². The van der Waals surface area contributed by atoms with Crippen LogP contribution in [0.5, 0.6) is 0 Å². The van der Waals surface area contributed by atoms with Crippen LogP contribution in [0.25, 0.3) is 0 Å². The second-order valence-electron chi connectivity index (χ2n) is 7.19. The summed E-state index contributed by atoms with van der Waals surface area (Å²) in [5.41, 5.74) is 4.40. The molecule has 154 valence electrons. The number of pyridine rings is 1. The maximum Gasteiger partial charge on any atom is 0.257 e. The Labute approximate surface area is 172 Å². The predicted octanol–water partition coefficient (Wildman–Crippen LogP) is 2.77. The highest BCUT2D eigenvalue weighted by Gasteiger charge is 2.18. The van der Waals surface area contributed by atoms with Crippen molar-refractivity contribution in [2.45, 2.75) is 20.8 Å². The Kier molecular flexibility index (Phi) is 6.69. The number of carbonyl (C=O) groups is 2. The topological polar surface area (TPSA) is 68.8 Å². The number of hydrogen-bond donors (Lipinski definition) is 1. The number of amides is 2. The fourth-order valence-corrected chi connectivity index (χ4v) is 3.58. The van der Waals surface area contributed by atoms with Gasteiger partial charge in [-0.1, -0.05) is 0 Å². The number of benzene rings is 1. The molecule has 7 nitrogen and oxygen atoms in total. The largest absolute Gasteiger partial charge is 0.372 e. The molecule has 0 saturated carbocycles. The number of anilines is 3. The first-order valence-corrected chi connectivity index (χ1v) is 10.1. The van der Waals surface area contributed by atoms with Crippen LogP contribution in [0.4, 0.5) is 17.1 Å². The molecular formula is C22H29N5O2. The van der Waals surface area contributed by atoms with Gasteiger partial charge in [0.15, 0.2) is 0 Å². The van der Waals surface area contributed by atoms with Crippen molar-refractivity contribution in [3.63, 3.8) is 0 Å². The number of nitrogens with zero attached hydrogens (tertiary/aromatic N) is 4. The summed E-state index contributed by atoms with van der Waals surface area (Å²) in [4.78, 5) is 34.1. The molecule has 29 heavy (non-hydrogen) atoms. The van der Waals surface area contributed by atoms with E-state index < -0.39 is 0 Å². The van der Waals surface area contributed by atoms with Crippen LogP contribution in [0, 0.1) is 6.92 Å². The first-order chi connectivity index (χ1) is 14.0. The zero-order valence-electron chi connectivity index (χ0n) is 17.4. The predicted molar refractivity (Wildman–Crippen MR) is 117 cm³/mol. The van der Waals surface area contributed by atoms with Crippen LogP contribution in [-0.2, 0) is 4.79 Å². The van der Waals surface area contributed by atoms with E-state index in [4.69, 9.17) is 0 Å². The minimum absolute atomic E-state index is 0.176. The molecule has 2 amide bonds. The third-order valence-electron chi connectivity index (χ3n) is 5.40. The van der Waals surface area contributed by atoms with Crippen LogP contribution in [0.3, 0.4) is 0 Å². The van der Waals surface area contributed by atoms with Gasteiger partial charge < -0.3 is 20.0 Å². The molecule has 2 heterocycles. The van der Waals surface area contributed by atoms with E-state index in [1.165, 1.54) is 0 Å². The molecule has 1 fully saturated rings. The summed E-state index contributed by atoms with van der Waals surface area (Å²) in [6.45, 7) is 11.0. The Morgan fingerprint density at radius 2 is 1.86 bits per heavy atom. The molecule has 2 aromatic rings. The molecule has 1 aromatic heterocycles. The monoisotopic (exact) mass is 395 g/mol. The maximum atomic E-state index is 12.8. The van der Waals surface area contributed by atoms with Gasteiger partial charge in [-0.3, -0.25) is 14.6 Å². The molecule has 3 rings (SSSR count). The minimum atomic E-state index is -0.176. The van der Waals surface area contributed by atoms with Gasteiger partial charge in [0.1, 0.15) is 0 Å². The van der Waals surface area contributed by atoms with E-state index in [0.717, 1.165) is 55.2 Å². The third kappa shape index (κ3) is 4.85. The first-order valence-electron chi connectivity index (χ1n) is 10.1. The molecule has 7 heteroatoms. The van der Waals surface area contributed by atoms with E-state index in [2.05, 4.69) is 40.0 Å². The van der Waals surface area contributed by atoms with Crippen molar-refractivity contribution in [1.29, 1.82) is 0 Å². The lowest BCUT2D eigenvalue weighted by Gasteiger charge is -2.34. The molecule has 0 spiro atoms. The van der Waals surface area contributed by atoms with Gasteiger partial charge in [0, 0.05) is 56.8 Å². The third-order valence-corrected chi connectivity index (χ3v) is 5.40. The van der Waals surface area contributed by atoms with Crippen molar-refractivity contribution < 1.29 is 9.59 Å². The highest BCUT2D eigenvalue weighted by molar-refractivity contribution is 6.05. The van der Waals surface area contributed by atoms with Crippen molar-refractivity contribution >= 4 is 29.4 Å². The van der Waals surface area contributed by atoms with Crippen LogP contribution in [0.1, 0.15) is 29.8 Å². The number of aryl methyl sites for hydroxylation is 1. The van der Waals surface area contributed by atoms with E-state index in [9.17, 15) is 9.59 Å². The average Bonchev–Trinajstić information content (AvgIpc) is 2.76. The Balaban J connectivity index is 1.70. The standard InChI is InChI=1S/C22H29N5O2/c1-4-26(5-2)19-6-7-21(17(3)12-19)24-22(29)18-13-20(15-23-14-18)27-10-8-25(16-28)9-11-27/h6-7,12-16H,4-5,8-11H2,1-3H3,(H,24,29). The number of rotatable bonds is 7. The number of carbonyl (C=O) groups excluding carboxylic acids is 2. The summed E-state index contributed by atoms with van der Waals surface area (Å²) in [6, 6.07) is 7.95. The SMILES string of the molecule is CCN(CC)c1ccc(NC(=O)c2cncc(N3CCN(C=O)CC3)c2)c(C)c1. The highest BCUT2D eigenvalue weighted by Crippen LogP contribution is 2.24. The van der Waals surface area contributed by atoms with Gasteiger partial charge in [-0.2, -0.15) is 0 Å². The summed E-state index contributed by atoms with van der Waals surface area (Å²) in [6.07, 6.45) is 4.23. The normalized spacial score (nSPS) is 13.9. The molecule has 0 atom stereocenters. The number of nitrogens with one attached hydrogen (secondary N) is 1. The number of piperazine rings is 1. The summed E-state index contributed by atoms with van der Waals surface area (Å²) in [7, 11) is 0. The maximum absolute atomic E-state index is 12.8. The number of aromatic nitrogens is 1. The molecule has 0 radical (unpaired) electrons. The second kappa shape index (κ2) is 9.41. The smallest absolute Gasteiger partial charge is 0.257 e. The van der Waals surface area contributed by atoms with E-state index in [1.54, 1.807) is 17.3 Å². The van der Waals surface area contributed by atoms with Gasteiger partial charge in [-0.25, -0.2) is 0 Å². The van der Waals surface area contributed by atoms with Crippen molar-refractivity contribution in [2.24, 2.45) is 0 Å². The fourth-order valence-electron chi connectivity index (χ4n) is 3.58. The van der Waals surface area contributed by atoms with Gasteiger partial charge in [0.25, 0.3) is 5.91 Å². The average molecular weight is 396 g/mol. The Morgan fingerprint density at radius 3 is 2.48 bits per heavy atom. The minimum Gasteiger partial charge on any atom is -0.372 e. The zero-order chi connectivity index (χ0) is 20.8. The molecule has 0 aliphatic carbocycles. The van der Waals surface area contributed by atoms with Crippen LogP contribution in [-0.4, -0.2) is 61.5 Å². The van der Waals surface area contributed by atoms with Gasteiger partial charge in [0.2, 0.25) is 6.41 Å². The number of hydrogen-bond acceptors (Lipinski definition) is 5. The van der Waals surface area contributed by atoms with Gasteiger partial charge in [0.05, 0.1) is 17.4 Å². The van der Waals surface area contributed by atoms with Crippen molar-refractivity contribution in [2.75, 3.05) is 54.4 Å². The summed E-state index contributed by atoms with van der Waals surface area (Å²) >= 11 is 0. The molecular weight excluding hydrogens is 366 g/mol. The lowest BCUT2D eigenvalue weighted by atomic mass is 10.1.